The summed E-state index contributed by atoms with van der Waals surface area (Å²) in [4.78, 5) is 13.5. The average molecular weight is 655 g/mol. The van der Waals surface area contributed by atoms with E-state index in [1.165, 1.54) is 9.13 Å². The monoisotopic (exact) mass is 654 g/mol. The Morgan fingerprint density at radius 2 is 1.47 bits per heavy atom. The van der Waals surface area contributed by atoms with Crippen molar-refractivity contribution in [1.29, 1.82) is 0 Å². The summed E-state index contributed by atoms with van der Waals surface area (Å²) in [6.07, 6.45) is 1.77. The third kappa shape index (κ3) is 11.0. The average Bonchev–Trinajstić information content (AvgIpc) is 2.82. The Hall–Kier alpha value is -1.42. The van der Waals surface area contributed by atoms with Crippen LogP contribution in [0.2, 0.25) is 18.1 Å². The maximum atomic E-state index is 13.5. The summed E-state index contributed by atoms with van der Waals surface area (Å²) in [5, 5.41) is 0.101. The maximum Gasteiger partial charge on any atom is 0.312 e. The summed E-state index contributed by atoms with van der Waals surface area (Å²) in [5.41, 5.74) is 1.68. The van der Waals surface area contributed by atoms with E-state index < -0.39 is 19.8 Å². The molecule has 0 fully saturated rings. The lowest BCUT2D eigenvalue weighted by Gasteiger charge is -2.37. The van der Waals surface area contributed by atoms with Gasteiger partial charge in [-0.2, -0.15) is 0 Å². The number of hydrogen-bond donors (Lipinski definition) is 0. The van der Waals surface area contributed by atoms with Gasteiger partial charge in [-0.15, -0.1) is 0 Å². The lowest BCUT2D eigenvalue weighted by Crippen LogP contribution is -2.42. The van der Waals surface area contributed by atoms with E-state index in [1.807, 2.05) is 45.0 Å². The van der Waals surface area contributed by atoms with Crippen LogP contribution in [0.1, 0.15) is 65.5 Å². The molecule has 0 aliphatic heterocycles. The molecule has 5 nitrogen and oxygen atoms in total. The van der Waals surface area contributed by atoms with Gasteiger partial charge in [-0.3, -0.25) is 4.79 Å². The Morgan fingerprint density at radius 1 is 0.895 bits per heavy atom. The number of halogens is 1. The summed E-state index contributed by atoms with van der Waals surface area (Å²) in [6.45, 7) is 17.8. The molecule has 0 aromatic heterocycles. The Bertz CT molecular complexity index is 991. The summed E-state index contributed by atoms with van der Waals surface area (Å²) in [6, 6.07) is 16.4. The highest BCUT2D eigenvalue weighted by atomic mass is 127. The molecule has 0 N–H and O–H groups in total. The van der Waals surface area contributed by atoms with E-state index in [0.717, 1.165) is 17.7 Å². The van der Waals surface area contributed by atoms with Crippen molar-refractivity contribution in [2.45, 2.75) is 97.2 Å². The third-order valence-electron chi connectivity index (χ3n) is 7.11. The number of rotatable bonds is 13. The second kappa shape index (κ2) is 14.3. The van der Waals surface area contributed by atoms with Crippen LogP contribution in [0, 0.1) is 9.49 Å². The smallest absolute Gasteiger partial charge is 0.312 e. The van der Waals surface area contributed by atoms with Crippen LogP contribution < -0.4 is 4.74 Å². The van der Waals surface area contributed by atoms with Crippen molar-refractivity contribution in [3.63, 3.8) is 0 Å². The molecule has 0 saturated heterocycles. The minimum atomic E-state index is -1.95. The number of ether oxygens (including phenoxy) is 3. The van der Waals surface area contributed by atoms with Crippen LogP contribution in [0.25, 0.3) is 0 Å². The van der Waals surface area contributed by atoms with Crippen LogP contribution in [0.5, 0.6) is 5.75 Å². The first-order valence-corrected chi connectivity index (χ1v) is 17.5. The van der Waals surface area contributed by atoms with Crippen molar-refractivity contribution < 1.29 is 23.4 Å². The van der Waals surface area contributed by atoms with Crippen molar-refractivity contribution in [3.8, 4) is 5.75 Å². The predicted octanol–water partition coefficient (Wildman–Crippen LogP) is 8.19. The number of esters is 1. The molecule has 2 rings (SSSR count). The summed E-state index contributed by atoms with van der Waals surface area (Å²) < 4.78 is 25.4. The first kappa shape index (κ1) is 32.8. The van der Waals surface area contributed by atoms with Crippen molar-refractivity contribution in [3.05, 3.63) is 63.2 Å². The van der Waals surface area contributed by atoms with Crippen molar-refractivity contribution in [1.82, 2.24) is 0 Å². The fourth-order valence-electron chi connectivity index (χ4n) is 3.78. The highest BCUT2D eigenvalue weighted by molar-refractivity contribution is 14.1. The van der Waals surface area contributed by atoms with Crippen molar-refractivity contribution in [2.24, 2.45) is 5.92 Å². The molecule has 0 amide bonds. The third-order valence-corrected chi connectivity index (χ3v) is 12.4. The van der Waals surface area contributed by atoms with Gasteiger partial charge in [0.05, 0.1) is 25.7 Å². The van der Waals surface area contributed by atoms with Gasteiger partial charge in [-0.25, -0.2) is 0 Å². The molecular weight excluding hydrogens is 607 g/mol. The van der Waals surface area contributed by atoms with Crippen molar-refractivity contribution >= 4 is 36.9 Å². The fraction of sp³-hybridized carbons (Fsp3) is 0.581. The van der Waals surface area contributed by atoms with Crippen LogP contribution >= 0.6 is 22.6 Å². The van der Waals surface area contributed by atoms with Crippen LogP contribution in [0.3, 0.4) is 0 Å². The summed E-state index contributed by atoms with van der Waals surface area (Å²) in [7, 11) is -0.294. The predicted molar refractivity (Wildman–Crippen MR) is 166 cm³/mol. The lowest BCUT2D eigenvalue weighted by atomic mass is 9.93. The molecule has 2 atom stereocenters. The topological polar surface area (TPSA) is 54.0 Å². The molecule has 2 unspecified atom stereocenters. The van der Waals surface area contributed by atoms with Crippen molar-refractivity contribution in [2.75, 3.05) is 13.7 Å². The van der Waals surface area contributed by atoms with Gasteiger partial charge >= 0.3 is 5.97 Å². The molecule has 2 aromatic rings. The van der Waals surface area contributed by atoms with Gasteiger partial charge in [0.2, 0.25) is 0 Å². The number of carbonyl (C=O) groups excluding carboxylic acids is 1. The quantitative estimate of drug-likeness (QED) is 0.124. The molecule has 0 saturated carbocycles. The number of carbonyl (C=O) groups is 1. The Kier molecular flexibility index (Phi) is 12.3. The Morgan fingerprint density at radius 3 is 2.00 bits per heavy atom. The van der Waals surface area contributed by atoms with E-state index in [4.69, 9.17) is 18.6 Å². The minimum absolute atomic E-state index is 0.101. The van der Waals surface area contributed by atoms with E-state index in [1.54, 1.807) is 7.11 Å². The zero-order chi connectivity index (χ0) is 28.6. The normalized spacial score (nSPS) is 14.2. The molecule has 0 spiro atoms. The maximum absolute atomic E-state index is 13.5. The van der Waals surface area contributed by atoms with Crippen LogP contribution in [0.4, 0.5) is 0 Å². The van der Waals surface area contributed by atoms with E-state index in [-0.39, 0.29) is 17.1 Å². The SMILES string of the molecule is COc1ccc(COC(CCc2ccc(I)cc2)C(CCO[Si](C)(C)C(C)(C)C)C(=O)OC(C)(C)C)cc1. The lowest BCUT2D eigenvalue weighted by molar-refractivity contribution is -0.167. The molecule has 0 bridgehead atoms. The molecule has 212 valence electrons. The van der Waals surface area contributed by atoms with E-state index in [2.05, 4.69) is 80.7 Å². The first-order chi connectivity index (χ1) is 17.6. The molecule has 38 heavy (non-hydrogen) atoms. The fourth-order valence-corrected chi connectivity index (χ4v) is 5.20. The van der Waals surface area contributed by atoms with Gasteiger partial charge in [0.25, 0.3) is 0 Å². The highest BCUT2D eigenvalue weighted by Gasteiger charge is 2.38. The Labute approximate surface area is 245 Å². The summed E-state index contributed by atoms with van der Waals surface area (Å²) >= 11 is 2.32. The van der Waals surface area contributed by atoms with Gasteiger partial charge in [-0.1, -0.05) is 45.0 Å². The molecule has 0 aliphatic carbocycles. The van der Waals surface area contributed by atoms with Crippen LogP contribution in [-0.4, -0.2) is 39.7 Å². The first-order valence-electron chi connectivity index (χ1n) is 13.5. The molecule has 0 radical (unpaired) electrons. The molecule has 0 aliphatic rings. The largest absolute Gasteiger partial charge is 0.497 e. The minimum Gasteiger partial charge on any atom is -0.497 e. The van der Waals surface area contributed by atoms with E-state index in [0.29, 0.717) is 26.1 Å². The van der Waals surface area contributed by atoms with Gasteiger partial charge in [0.15, 0.2) is 8.32 Å². The van der Waals surface area contributed by atoms with Crippen LogP contribution in [-0.2, 0) is 31.7 Å². The number of aryl methyl sites for hydroxylation is 1. The highest BCUT2D eigenvalue weighted by Crippen LogP contribution is 2.37. The van der Waals surface area contributed by atoms with Gasteiger partial charge in [0, 0.05) is 10.2 Å². The van der Waals surface area contributed by atoms with Gasteiger partial charge in [-0.05, 0) is 116 Å². The Balaban J connectivity index is 2.27. The summed E-state index contributed by atoms with van der Waals surface area (Å²) in [5.74, 6) is 0.151. The van der Waals surface area contributed by atoms with Crippen LogP contribution in [0.15, 0.2) is 48.5 Å². The number of hydrogen-bond acceptors (Lipinski definition) is 5. The number of methoxy groups -OCH3 is 1. The second-order valence-electron chi connectivity index (χ2n) is 12.4. The molecule has 2 aromatic carbocycles. The standard InChI is InChI=1S/C31H47IO5Si/c1-30(2,3)37-29(33)27(20-21-36-38(8,9)31(4,5)6)28(19-14-23-10-15-25(32)16-11-23)35-22-24-12-17-26(34-7)18-13-24/h10-13,15-18,27-28H,14,19-22H2,1-9H3. The number of benzene rings is 2. The van der Waals surface area contributed by atoms with E-state index in [9.17, 15) is 4.79 Å². The zero-order valence-corrected chi connectivity index (χ0v) is 27.9. The van der Waals surface area contributed by atoms with E-state index >= 15 is 0 Å². The molecule has 0 heterocycles. The van der Waals surface area contributed by atoms with Gasteiger partial charge in [0.1, 0.15) is 11.4 Å². The second-order valence-corrected chi connectivity index (χ2v) is 18.5. The molecule has 7 heteroatoms. The zero-order valence-electron chi connectivity index (χ0n) is 24.7. The van der Waals surface area contributed by atoms with Gasteiger partial charge < -0.3 is 18.6 Å². The molecular formula is C31H47IO5Si.